The van der Waals surface area contributed by atoms with Crippen molar-refractivity contribution in [3.8, 4) is 0 Å². The fourth-order valence-corrected chi connectivity index (χ4v) is 2.30. The van der Waals surface area contributed by atoms with Gasteiger partial charge in [-0.05, 0) is 43.0 Å². The van der Waals surface area contributed by atoms with Gasteiger partial charge in [0.15, 0.2) is 0 Å². The lowest BCUT2D eigenvalue weighted by Crippen LogP contribution is -2.42. The van der Waals surface area contributed by atoms with Gasteiger partial charge in [-0.1, -0.05) is 37.3 Å². The number of piperidine rings is 1. The first kappa shape index (κ1) is 13.8. The molecule has 0 aliphatic carbocycles. The van der Waals surface area contributed by atoms with Gasteiger partial charge in [0.2, 0.25) is 5.91 Å². The molecule has 3 heteroatoms. The third-order valence-electron chi connectivity index (χ3n) is 3.73. The number of carbonyl (C=O) groups excluding carboxylic acids is 1. The third kappa shape index (κ3) is 4.52. The van der Waals surface area contributed by atoms with Crippen LogP contribution in [-0.2, 0) is 4.79 Å². The lowest BCUT2D eigenvalue weighted by atomic mass is 9.81. The molecule has 1 aliphatic heterocycles. The number of benzene rings is 1. The van der Waals surface area contributed by atoms with Crippen LogP contribution in [0.15, 0.2) is 36.4 Å². The summed E-state index contributed by atoms with van der Waals surface area (Å²) in [6, 6.07) is 9.87. The van der Waals surface area contributed by atoms with E-state index in [0.29, 0.717) is 0 Å². The van der Waals surface area contributed by atoms with Crippen molar-refractivity contribution in [2.45, 2.75) is 19.8 Å². The van der Waals surface area contributed by atoms with Crippen LogP contribution in [0, 0.1) is 5.41 Å². The molecule has 19 heavy (non-hydrogen) atoms. The second kappa shape index (κ2) is 6.53. The maximum Gasteiger partial charge on any atom is 0.244 e. The summed E-state index contributed by atoms with van der Waals surface area (Å²) in [7, 11) is 0. The molecule has 1 amide bonds. The smallest absolute Gasteiger partial charge is 0.244 e. The van der Waals surface area contributed by atoms with Gasteiger partial charge >= 0.3 is 0 Å². The second-order valence-corrected chi connectivity index (χ2v) is 5.52. The van der Waals surface area contributed by atoms with Crippen LogP contribution in [0.2, 0.25) is 0 Å². The standard InChI is InChI=1S/C16H22N2O/c1-16(9-11-17-12-10-16)13-18-15(19)8-7-14-5-3-2-4-6-14/h2-8,17H,9-13H2,1H3,(H,18,19)/b8-7+. The van der Waals surface area contributed by atoms with E-state index >= 15 is 0 Å². The van der Waals surface area contributed by atoms with Crippen LogP contribution < -0.4 is 10.6 Å². The van der Waals surface area contributed by atoms with Crippen molar-refractivity contribution in [2.75, 3.05) is 19.6 Å². The van der Waals surface area contributed by atoms with Crippen LogP contribution in [0.5, 0.6) is 0 Å². The molecule has 0 spiro atoms. The second-order valence-electron chi connectivity index (χ2n) is 5.52. The van der Waals surface area contributed by atoms with Crippen molar-refractivity contribution in [1.29, 1.82) is 0 Å². The summed E-state index contributed by atoms with van der Waals surface area (Å²) in [5.74, 6) is -0.0105. The summed E-state index contributed by atoms with van der Waals surface area (Å²) < 4.78 is 0. The van der Waals surface area contributed by atoms with Crippen LogP contribution in [0.1, 0.15) is 25.3 Å². The minimum atomic E-state index is -0.0105. The summed E-state index contributed by atoms with van der Waals surface area (Å²) in [6.07, 6.45) is 5.70. The van der Waals surface area contributed by atoms with Gasteiger partial charge in [0.05, 0.1) is 0 Å². The summed E-state index contributed by atoms with van der Waals surface area (Å²) in [4.78, 5) is 11.8. The van der Waals surface area contributed by atoms with Crippen molar-refractivity contribution in [3.05, 3.63) is 42.0 Å². The molecule has 0 unspecified atom stereocenters. The van der Waals surface area contributed by atoms with Gasteiger partial charge in [0.25, 0.3) is 0 Å². The largest absolute Gasteiger partial charge is 0.352 e. The molecule has 1 heterocycles. The van der Waals surface area contributed by atoms with Crippen LogP contribution in [0.4, 0.5) is 0 Å². The van der Waals surface area contributed by atoms with E-state index in [0.717, 1.165) is 38.0 Å². The summed E-state index contributed by atoms with van der Waals surface area (Å²) in [6.45, 7) is 5.10. The highest BCUT2D eigenvalue weighted by Gasteiger charge is 2.26. The summed E-state index contributed by atoms with van der Waals surface area (Å²) in [5.41, 5.74) is 1.28. The number of rotatable bonds is 4. The van der Waals surface area contributed by atoms with Crippen molar-refractivity contribution < 1.29 is 4.79 Å². The average Bonchev–Trinajstić information content (AvgIpc) is 2.45. The normalized spacial score (nSPS) is 18.4. The molecule has 3 nitrogen and oxygen atoms in total. The van der Waals surface area contributed by atoms with Gasteiger partial charge in [0, 0.05) is 12.6 Å². The zero-order valence-electron chi connectivity index (χ0n) is 11.5. The quantitative estimate of drug-likeness (QED) is 0.813. The van der Waals surface area contributed by atoms with E-state index < -0.39 is 0 Å². The van der Waals surface area contributed by atoms with Gasteiger partial charge in [0.1, 0.15) is 0 Å². The van der Waals surface area contributed by atoms with E-state index in [1.807, 2.05) is 36.4 Å². The Morgan fingerprint density at radius 1 is 1.32 bits per heavy atom. The molecular formula is C16H22N2O. The Balaban J connectivity index is 1.80. The molecule has 1 saturated heterocycles. The van der Waals surface area contributed by atoms with Gasteiger partial charge in [-0.15, -0.1) is 0 Å². The molecule has 2 rings (SSSR count). The molecule has 0 bridgehead atoms. The highest BCUT2D eigenvalue weighted by Crippen LogP contribution is 2.26. The Morgan fingerprint density at radius 2 is 2.00 bits per heavy atom. The highest BCUT2D eigenvalue weighted by atomic mass is 16.1. The van der Waals surface area contributed by atoms with Crippen LogP contribution in [0.25, 0.3) is 6.08 Å². The number of amides is 1. The molecule has 2 N–H and O–H groups in total. The monoisotopic (exact) mass is 258 g/mol. The van der Waals surface area contributed by atoms with Crippen molar-refractivity contribution in [1.82, 2.24) is 10.6 Å². The average molecular weight is 258 g/mol. The molecule has 0 aromatic heterocycles. The number of carbonyl (C=O) groups is 1. The Bertz CT molecular complexity index is 433. The van der Waals surface area contributed by atoms with E-state index in [9.17, 15) is 4.79 Å². The fourth-order valence-electron chi connectivity index (χ4n) is 2.30. The maximum absolute atomic E-state index is 11.8. The molecule has 1 fully saturated rings. The first-order valence-electron chi connectivity index (χ1n) is 6.90. The molecular weight excluding hydrogens is 236 g/mol. The van der Waals surface area contributed by atoms with Crippen LogP contribution in [-0.4, -0.2) is 25.5 Å². The summed E-state index contributed by atoms with van der Waals surface area (Å²) >= 11 is 0. The minimum Gasteiger partial charge on any atom is -0.352 e. The minimum absolute atomic E-state index is 0.0105. The van der Waals surface area contributed by atoms with Crippen LogP contribution in [0.3, 0.4) is 0 Å². The predicted molar refractivity (Wildman–Crippen MR) is 78.7 cm³/mol. The lowest BCUT2D eigenvalue weighted by Gasteiger charge is -2.33. The van der Waals surface area contributed by atoms with E-state index in [1.165, 1.54) is 0 Å². The molecule has 1 aromatic rings. The van der Waals surface area contributed by atoms with Gasteiger partial charge in [-0.2, -0.15) is 0 Å². The SMILES string of the molecule is CC1(CNC(=O)/C=C/c2ccccc2)CCNCC1. The van der Waals surface area contributed by atoms with E-state index in [-0.39, 0.29) is 11.3 Å². The van der Waals surface area contributed by atoms with Crippen molar-refractivity contribution in [2.24, 2.45) is 5.41 Å². The highest BCUT2D eigenvalue weighted by molar-refractivity contribution is 5.91. The first-order chi connectivity index (χ1) is 9.18. The molecule has 1 aromatic carbocycles. The maximum atomic E-state index is 11.8. The van der Waals surface area contributed by atoms with E-state index in [1.54, 1.807) is 6.08 Å². The third-order valence-corrected chi connectivity index (χ3v) is 3.73. The van der Waals surface area contributed by atoms with Gasteiger partial charge in [-0.3, -0.25) is 4.79 Å². The Hall–Kier alpha value is -1.61. The fraction of sp³-hybridized carbons (Fsp3) is 0.438. The molecule has 102 valence electrons. The topological polar surface area (TPSA) is 41.1 Å². The zero-order chi connectivity index (χ0) is 13.6. The van der Waals surface area contributed by atoms with Crippen molar-refractivity contribution >= 4 is 12.0 Å². The number of hydrogen-bond donors (Lipinski definition) is 2. The van der Waals surface area contributed by atoms with Crippen molar-refractivity contribution in [3.63, 3.8) is 0 Å². The first-order valence-corrected chi connectivity index (χ1v) is 6.90. The van der Waals surface area contributed by atoms with E-state index in [4.69, 9.17) is 0 Å². The summed E-state index contributed by atoms with van der Waals surface area (Å²) in [5, 5.41) is 6.36. The Labute approximate surface area is 115 Å². The van der Waals surface area contributed by atoms with Gasteiger partial charge < -0.3 is 10.6 Å². The lowest BCUT2D eigenvalue weighted by molar-refractivity contribution is -0.117. The number of hydrogen-bond acceptors (Lipinski definition) is 2. The molecule has 1 aliphatic rings. The predicted octanol–water partition coefficient (Wildman–Crippen LogP) is 2.21. The Morgan fingerprint density at radius 3 is 2.68 bits per heavy atom. The molecule has 0 radical (unpaired) electrons. The van der Waals surface area contributed by atoms with Crippen LogP contribution >= 0.6 is 0 Å². The molecule has 0 saturated carbocycles. The molecule has 0 atom stereocenters. The van der Waals surface area contributed by atoms with E-state index in [2.05, 4.69) is 17.6 Å². The van der Waals surface area contributed by atoms with Gasteiger partial charge in [-0.25, -0.2) is 0 Å². The Kier molecular flexibility index (Phi) is 4.74. The number of nitrogens with one attached hydrogen (secondary N) is 2. The zero-order valence-corrected chi connectivity index (χ0v) is 11.5.